The summed E-state index contributed by atoms with van der Waals surface area (Å²) in [6.45, 7) is 5.98. The van der Waals surface area contributed by atoms with E-state index in [-0.39, 0.29) is 29.8 Å². The second-order valence-corrected chi connectivity index (χ2v) is 7.56. The number of nitrogens with one attached hydrogen (secondary N) is 1. The Kier molecular flexibility index (Phi) is 7.95. The summed E-state index contributed by atoms with van der Waals surface area (Å²) in [5, 5.41) is 3.21. The van der Waals surface area contributed by atoms with E-state index in [4.69, 9.17) is 11.6 Å². The molecule has 1 aromatic carbocycles. The summed E-state index contributed by atoms with van der Waals surface area (Å²) in [6, 6.07) is 7.29. The van der Waals surface area contributed by atoms with Gasteiger partial charge in [-0.05, 0) is 44.2 Å². The molecule has 1 N–H and O–H groups in total. The lowest BCUT2D eigenvalue weighted by Gasteiger charge is -2.37. The molecule has 2 atom stereocenters. The molecule has 1 saturated carbocycles. The van der Waals surface area contributed by atoms with Gasteiger partial charge in [0.15, 0.2) is 0 Å². The van der Waals surface area contributed by atoms with Gasteiger partial charge in [-0.1, -0.05) is 50.5 Å². The highest BCUT2D eigenvalue weighted by atomic mass is 35.5. The predicted octanol–water partition coefficient (Wildman–Crippen LogP) is 4.35. The van der Waals surface area contributed by atoms with E-state index in [1.165, 1.54) is 6.42 Å². The summed E-state index contributed by atoms with van der Waals surface area (Å²) in [5.74, 6) is -0.415. The maximum absolute atomic E-state index is 13.3. The van der Waals surface area contributed by atoms with Gasteiger partial charge in [-0.15, -0.1) is 11.6 Å². The Labute approximate surface area is 162 Å². The average Bonchev–Trinajstić information content (AvgIpc) is 2.66. The second kappa shape index (κ2) is 9.96. The number of rotatable bonds is 7. The van der Waals surface area contributed by atoms with Crippen molar-refractivity contribution in [2.75, 3.05) is 5.88 Å². The molecule has 0 bridgehead atoms. The first-order valence-corrected chi connectivity index (χ1v) is 10.3. The first-order valence-electron chi connectivity index (χ1n) is 9.72. The van der Waals surface area contributed by atoms with Crippen LogP contribution in [0, 0.1) is 6.92 Å². The average molecular weight is 379 g/mol. The summed E-state index contributed by atoms with van der Waals surface area (Å²) in [4.78, 5) is 27.6. The number of benzene rings is 1. The number of carbonyl (C=O) groups excluding carboxylic acids is 2. The van der Waals surface area contributed by atoms with Crippen LogP contribution in [0.2, 0.25) is 0 Å². The molecule has 2 unspecified atom stereocenters. The summed E-state index contributed by atoms with van der Waals surface area (Å²) in [7, 11) is 0. The van der Waals surface area contributed by atoms with Gasteiger partial charge in [0.2, 0.25) is 11.8 Å². The number of hydrogen-bond acceptors (Lipinski definition) is 2. The fraction of sp³-hybridized carbons (Fsp3) is 0.619. The number of nitrogens with zero attached hydrogens (tertiary/aromatic N) is 1. The molecule has 0 aliphatic heterocycles. The standard InChI is InChI=1S/C21H31ClN2O2/c1-4-16(3)24(19(25)14-22)20(18-13-9-8-10-15(18)2)21(26)23-17-11-6-5-7-12-17/h8-10,13,16-17,20H,4-7,11-12,14H2,1-3H3,(H,23,26). The van der Waals surface area contributed by atoms with E-state index in [0.29, 0.717) is 0 Å². The van der Waals surface area contributed by atoms with Crippen LogP contribution < -0.4 is 5.32 Å². The van der Waals surface area contributed by atoms with E-state index in [2.05, 4.69) is 5.32 Å². The molecule has 1 fully saturated rings. The molecule has 0 spiro atoms. The fourth-order valence-electron chi connectivity index (χ4n) is 3.75. The fourth-order valence-corrected chi connectivity index (χ4v) is 3.89. The molecule has 2 rings (SSSR count). The molecule has 26 heavy (non-hydrogen) atoms. The van der Waals surface area contributed by atoms with Crippen molar-refractivity contribution in [1.82, 2.24) is 10.2 Å². The molecule has 4 nitrogen and oxygen atoms in total. The lowest BCUT2D eigenvalue weighted by atomic mass is 9.93. The van der Waals surface area contributed by atoms with Crippen LogP contribution in [0.3, 0.4) is 0 Å². The Morgan fingerprint density at radius 2 is 1.88 bits per heavy atom. The molecular formula is C21H31ClN2O2. The number of alkyl halides is 1. The first-order chi connectivity index (χ1) is 12.5. The van der Waals surface area contributed by atoms with Gasteiger partial charge in [0.25, 0.3) is 0 Å². The zero-order chi connectivity index (χ0) is 19.1. The van der Waals surface area contributed by atoms with Crippen LogP contribution in [0.5, 0.6) is 0 Å². The summed E-state index contributed by atoms with van der Waals surface area (Å²) in [5.41, 5.74) is 1.88. The van der Waals surface area contributed by atoms with E-state index < -0.39 is 6.04 Å². The monoisotopic (exact) mass is 378 g/mol. The zero-order valence-electron chi connectivity index (χ0n) is 16.1. The largest absolute Gasteiger partial charge is 0.351 e. The van der Waals surface area contributed by atoms with Crippen LogP contribution in [0.4, 0.5) is 0 Å². The van der Waals surface area contributed by atoms with Crippen LogP contribution in [0.15, 0.2) is 24.3 Å². The van der Waals surface area contributed by atoms with Crippen LogP contribution in [0.25, 0.3) is 0 Å². The Balaban J connectivity index is 2.38. The third-order valence-corrected chi connectivity index (χ3v) is 5.66. The maximum atomic E-state index is 13.3. The van der Waals surface area contributed by atoms with Crippen molar-refractivity contribution >= 4 is 23.4 Å². The van der Waals surface area contributed by atoms with Crippen molar-refractivity contribution in [2.24, 2.45) is 0 Å². The number of hydrogen-bond donors (Lipinski definition) is 1. The summed E-state index contributed by atoms with van der Waals surface area (Å²) in [6.07, 6.45) is 6.32. The van der Waals surface area contributed by atoms with Gasteiger partial charge in [-0.2, -0.15) is 0 Å². The predicted molar refractivity (Wildman–Crippen MR) is 106 cm³/mol. The second-order valence-electron chi connectivity index (χ2n) is 7.29. The molecular weight excluding hydrogens is 348 g/mol. The summed E-state index contributed by atoms with van der Waals surface area (Å²) >= 11 is 5.89. The quantitative estimate of drug-likeness (QED) is 0.717. The van der Waals surface area contributed by atoms with Crippen molar-refractivity contribution in [2.45, 2.75) is 77.4 Å². The van der Waals surface area contributed by atoms with E-state index in [9.17, 15) is 9.59 Å². The highest BCUT2D eigenvalue weighted by Gasteiger charge is 2.35. The van der Waals surface area contributed by atoms with E-state index in [0.717, 1.165) is 43.2 Å². The van der Waals surface area contributed by atoms with Crippen LogP contribution >= 0.6 is 11.6 Å². The molecule has 5 heteroatoms. The van der Waals surface area contributed by atoms with Crippen LogP contribution in [-0.2, 0) is 9.59 Å². The van der Waals surface area contributed by atoms with Gasteiger partial charge < -0.3 is 10.2 Å². The third kappa shape index (κ3) is 5.00. The Hall–Kier alpha value is -1.55. The molecule has 144 valence electrons. The van der Waals surface area contributed by atoms with Gasteiger partial charge >= 0.3 is 0 Å². The number of halogens is 1. The van der Waals surface area contributed by atoms with E-state index in [1.54, 1.807) is 4.90 Å². The SMILES string of the molecule is CCC(C)N(C(=O)CCl)C(C(=O)NC1CCCCC1)c1ccccc1C. The lowest BCUT2D eigenvalue weighted by molar-refractivity contribution is -0.142. The smallest absolute Gasteiger partial charge is 0.247 e. The van der Waals surface area contributed by atoms with Crippen molar-refractivity contribution in [1.29, 1.82) is 0 Å². The minimum Gasteiger partial charge on any atom is -0.351 e. The number of amides is 2. The van der Waals surface area contributed by atoms with Gasteiger partial charge in [0, 0.05) is 12.1 Å². The third-order valence-electron chi connectivity index (χ3n) is 5.43. The molecule has 0 radical (unpaired) electrons. The molecule has 0 aromatic heterocycles. The van der Waals surface area contributed by atoms with Crippen molar-refractivity contribution in [3.05, 3.63) is 35.4 Å². The van der Waals surface area contributed by atoms with Crippen LogP contribution in [0.1, 0.15) is 69.5 Å². The molecule has 2 amide bonds. The molecule has 1 aliphatic carbocycles. The molecule has 1 aromatic rings. The molecule has 1 aliphatic rings. The van der Waals surface area contributed by atoms with Crippen molar-refractivity contribution < 1.29 is 9.59 Å². The van der Waals surface area contributed by atoms with Crippen molar-refractivity contribution in [3.63, 3.8) is 0 Å². The molecule has 0 heterocycles. The van der Waals surface area contributed by atoms with E-state index >= 15 is 0 Å². The maximum Gasteiger partial charge on any atom is 0.247 e. The number of carbonyl (C=O) groups is 2. The summed E-state index contributed by atoms with van der Waals surface area (Å²) < 4.78 is 0. The number of aryl methyl sites for hydroxylation is 1. The van der Waals surface area contributed by atoms with Gasteiger partial charge in [0.05, 0.1) is 0 Å². The van der Waals surface area contributed by atoms with Gasteiger partial charge in [-0.25, -0.2) is 0 Å². The van der Waals surface area contributed by atoms with Crippen LogP contribution in [-0.4, -0.2) is 34.7 Å². The Morgan fingerprint density at radius 1 is 1.23 bits per heavy atom. The Bertz CT molecular complexity index is 614. The first kappa shape index (κ1) is 20.8. The lowest BCUT2D eigenvalue weighted by Crippen LogP contribution is -2.50. The minimum absolute atomic E-state index is 0.0667. The zero-order valence-corrected chi connectivity index (χ0v) is 16.9. The van der Waals surface area contributed by atoms with E-state index in [1.807, 2.05) is 45.0 Å². The molecule has 0 saturated heterocycles. The highest BCUT2D eigenvalue weighted by molar-refractivity contribution is 6.27. The van der Waals surface area contributed by atoms with Crippen molar-refractivity contribution in [3.8, 4) is 0 Å². The normalized spacial score (nSPS) is 17.4. The van der Waals surface area contributed by atoms with Gasteiger partial charge in [0.1, 0.15) is 11.9 Å². The Morgan fingerprint density at radius 3 is 2.46 bits per heavy atom. The van der Waals surface area contributed by atoms with Gasteiger partial charge in [-0.3, -0.25) is 9.59 Å². The minimum atomic E-state index is -0.640. The topological polar surface area (TPSA) is 49.4 Å². The highest BCUT2D eigenvalue weighted by Crippen LogP contribution is 2.29.